The van der Waals surface area contributed by atoms with Crippen LogP contribution in [0.4, 0.5) is 0 Å². The average molecular weight is 394 g/mol. The van der Waals surface area contributed by atoms with E-state index in [-0.39, 0.29) is 17.9 Å². The summed E-state index contributed by atoms with van der Waals surface area (Å²) in [7, 11) is -1.58. The number of nitrogens with one attached hydrogen (secondary N) is 1. The molecule has 1 aromatic carbocycles. The van der Waals surface area contributed by atoms with E-state index in [9.17, 15) is 13.2 Å². The molecule has 2 aliphatic rings. The fraction of sp³-hybridized carbons (Fsp3) is 0.650. The number of carbonyl (C=O) groups is 1. The normalized spacial score (nSPS) is 22.3. The highest BCUT2D eigenvalue weighted by molar-refractivity contribution is 7.89. The maximum atomic E-state index is 12.9. The Labute approximate surface area is 163 Å². The summed E-state index contributed by atoms with van der Waals surface area (Å²) in [5, 5.41) is 3.17. The Morgan fingerprint density at radius 1 is 1.11 bits per heavy atom. The lowest BCUT2D eigenvalue weighted by molar-refractivity contribution is -0.137. The number of benzene rings is 1. The molecule has 2 fully saturated rings. The van der Waals surface area contributed by atoms with Crippen molar-refractivity contribution >= 4 is 15.9 Å². The molecule has 1 N–H and O–H groups in total. The lowest BCUT2D eigenvalue weighted by Crippen LogP contribution is -2.47. The van der Waals surface area contributed by atoms with E-state index in [1.54, 1.807) is 12.1 Å². The summed E-state index contributed by atoms with van der Waals surface area (Å²) >= 11 is 0. The van der Waals surface area contributed by atoms with Gasteiger partial charge in [-0.1, -0.05) is 6.07 Å². The molecule has 150 valence electrons. The number of hydrogen-bond acceptors (Lipinski definition) is 4. The Bertz CT molecular complexity index is 786. The van der Waals surface area contributed by atoms with E-state index in [0.717, 1.165) is 37.1 Å². The van der Waals surface area contributed by atoms with Crippen molar-refractivity contribution in [1.82, 2.24) is 14.5 Å². The molecule has 1 atom stereocenters. The first-order valence-electron chi connectivity index (χ1n) is 9.87. The van der Waals surface area contributed by atoms with Gasteiger partial charge >= 0.3 is 0 Å². The molecule has 27 heavy (non-hydrogen) atoms. The van der Waals surface area contributed by atoms with Crippen molar-refractivity contribution in [3.63, 3.8) is 0 Å². The van der Waals surface area contributed by atoms with Gasteiger partial charge in [-0.3, -0.25) is 4.79 Å². The van der Waals surface area contributed by atoms with Gasteiger partial charge in [0.05, 0.1) is 4.90 Å². The first-order valence-corrected chi connectivity index (χ1v) is 11.3. The van der Waals surface area contributed by atoms with Crippen LogP contribution in [0.3, 0.4) is 0 Å². The molecule has 0 bridgehead atoms. The lowest BCUT2D eigenvalue weighted by Gasteiger charge is -2.34. The topological polar surface area (TPSA) is 69.7 Å². The Hall–Kier alpha value is -1.44. The second-order valence-electron chi connectivity index (χ2n) is 7.81. The van der Waals surface area contributed by atoms with Gasteiger partial charge in [-0.25, -0.2) is 8.42 Å². The quantitative estimate of drug-likeness (QED) is 0.830. The van der Waals surface area contributed by atoms with Gasteiger partial charge in [0.1, 0.15) is 0 Å². The van der Waals surface area contributed by atoms with Gasteiger partial charge in [0.25, 0.3) is 0 Å². The molecule has 1 aromatic rings. The number of rotatable bonds is 5. The third-order valence-corrected chi connectivity index (χ3v) is 7.91. The summed E-state index contributed by atoms with van der Waals surface area (Å²) in [6, 6.07) is 5.56. The van der Waals surface area contributed by atoms with Crippen LogP contribution in [-0.2, 0) is 14.8 Å². The van der Waals surface area contributed by atoms with Crippen LogP contribution >= 0.6 is 0 Å². The molecule has 3 rings (SSSR count). The average Bonchev–Trinajstić information content (AvgIpc) is 3.12. The number of nitrogens with zero attached hydrogens (tertiary/aromatic N) is 2. The zero-order valence-electron chi connectivity index (χ0n) is 16.6. The third kappa shape index (κ3) is 4.20. The van der Waals surface area contributed by atoms with Crippen molar-refractivity contribution in [3.8, 4) is 0 Å². The minimum atomic E-state index is -3.49. The number of likely N-dealkylation sites (tertiary alicyclic amines) is 1. The Kier molecular flexibility index (Phi) is 6.23. The largest absolute Gasteiger partial charge is 0.338 e. The van der Waals surface area contributed by atoms with E-state index in [1.807, 2.05) is 31.9 Å². The Morgan fingerprint density at radius 3 is 2.44 bits per heavy atom. The zero-order chi connectivity index (χ0) is 19.6. The van der Waals surface area contributed by atoms with E-state index >= 15 is 0 Å². The maximum Gasteiger partial charge on any atom is 0.243 e. The van der Waals surface area contributed by atoms with E-state index < -0.39 is 10.0 Å². The summed E-state index contributed by atoms with van der Waals surface area (Å²) in [5.74, 6) is 0.143. The molecule has 0 radical (unpaired) electrons. The van der Waals surface area contributed by atoms with E-state index in [4.69, 9.17) is 0 Å². The molecule has 1 amide bonds. The van der Waals surface area contributed by atoms with E-state index in [2.05, 4.69) is 5.32 Å². The summed E-state index contributed by atoms with van der Waals surface area (Å²) in [6.45, 7) is 6.38. The number of aryl methyl sites for hydroxylation is 2. The molecule has 6 nitrogen and oxygen atoms in total. The number of likely N-dealkylation sites (N-methyl/N-ethyl adjacent to an activating group) is 1. The van der Waals surface area contributed by atoms with Gasteiger partial charge in [0, 0.05) is 38.1 Å². The minimum absolute atomic E-state index is 0.0614. The highest BCUT2D eigenvalue weighted by Gasteiger charge is 2.37. The first-order chi connectivity index (χ1) is 12.8. The molecule has 2 heterocycles. The molecule has 2 saturated heterocycles. The zero-order valence-corrected chi connectivity index (χ0v) is 17.4. The van der Waals surface area contributed by atoms with Gasteiger partial charge in [0.15, 0.2) is 0 Å². The third-order valence-electron chi connectivity index (χ3n) is 6.02. The van der Waals surface area contributed by atoms with Crippen molar-refractivity contribution in [2.45, 2.75) is 50.5 Å². The molecule has 0 saturated carbocycles. The molecule has 0 aliphatic carbocycles. The van der Waals surface area contributed by atoms with Gasteiger partial charge in [0.2, 0.25) is 15.9 Å². The van der Waals surface area contributed by atoms with Gasteiger partial charge in [-0.2, -0.15) is 4.31 Å². The van der Waals surface area contributed by atoms with Crippen molar-refractivity contribution in [2.75, 3.05) is 33.2 Å². The summed E-state index contributed by atoms with van der Waals surface area (Å²) < 4.78 is 27.4. The first kappa shape index (κ1) is 20.3. The predicted molar refractivity (Wildman–Crippen MR) is 106 cm³/mol. The molecule has 1 unspecified atom stereocenters. The van der Waals surface area contributed by atoms with E-state index in [1.165, 1.54) is 4.31 Å². The Balaban J connectivity index is 1.64. The lowest BCUT2D eigenvalue weighted by atomic mass is 9.96. The number of hydrogen-bond donors (Lipinski definition) is 1. The van der Waals surface area contributed by atoms with E-state index in [0.29, 0.717) is 30.8 Å². The molecular formula is C20H31N3O3S. The molecular weight excluding hydrogens is 362 g/mol. The number of carbonyl (C=O) groups excluding carboxylic acids is 1. The van der Waals surface area contributed by atoms with Crippen LogP contribution in [0.5, 0.6) is 0 Å². The van der Waals surface area contributed by atoms with Crippen LogP contribution in [0.15, 0.2) is 23.1 Å². The smallest absolute Gasteiger partial charge is 0.243 e. The standard InChI is InChI=1S/C20H31N3O3S/c1-15-6-7-19(13-16(15)2)27(25,26)22-11-8-17(9-12-22)20(24)23-10-4-5-18(23)14-21-3/h6-7,13,17-18,21H,4-5,8-12,14H2,1-3H3. The van der Waals surface area contributed by atoms with Crippen LogP contribution < -0.4 is 5.32 Å². The molecule has 0 spiro atoms. The number of piperidine rings is 1. The predicted octanol–water partition coefficient (Wildman–Crippen LogP) is 1.91. The van der Waals surface area contributed by atoms with Crippen LogP contribution in [0.25, 0.3) is 0 Å². The van der Waals surface area contributed by atoms with Crippen LogP contribution in [0.2, 0.25) is 0 Å². The summed E-state index contributed by atoms with van der Waals surface area (Å²) in [6.07, 6.45) is 3.31. The molecule has 2 aliphatic heterocycles. The van der Waals surface area contributed by atoms with Crippen molar-refractivity contribution < 1.29 is 13.2 Å². The second kappa shape index (κ2) is 8.29. The SMILES string of the molecule is CNCC1CCCN1C(=O)C1CCN(S(=O)(=O)c2ccc(C)c(C)c2)CC1. The minimum Gasteiger partial charge on any atom is -0.338 e. The monoisotopic (exact) mass is 393 g/mol. The number of sulfonamides is 1. The van der Waals surface area contributed by atoms with Crippen molar-refractivity contribution in [3.05, 3.63) is 29.3 Å². The Morgan fingerprint density at radius 2 is 1.81 bits per heavy atom. The molecule has 0 aromatic heterocycles. The van der Waals surface area contributed by atoms with Crippen molar-refractivity contribution in [1.29, 1.82) is 0 Å². The molecule has 7 heteroatoms. The van der Waals surface area contributed by atoms with Crippen LogP contribution in [0, 0.1) is 19.8 Å². The van der Waals surface area contributed by atoms with Crippen LogP contribution in [0.1, 0.15) is 36.8 Å². The van der Waals surface area contributed by atoms with Gasteiger partial charge < -0.3 is 10.2 Å². The number of amides is 1. The summed E-state index contributed by atoms with van der Waals surface area (Å²) in [4.78, 5) is 15.3. The fourth-order valence-corrected chi connectivity index (χ4v) is 5.73. The highest BCUT2D eigenvalue weighted by atomic mass is 32.2. The maximum absolute atomic E-state index is 12.9. The van der Waals surface area contributed by atoms with Gasteiger partial charge in [-0.05, 0) is 69.8 Å². The van der Waals surface area contributed by atoms with Gasteiger partial charge in [-0.15, -0.1) is 0 Å². The second-order valence-corrected chi connectivity index (χ2v) is 9.75. The van der Waals surface area contributed by atoms with Crippen LogP contribution in [-0.4, -0.2) is 62.8 Å². The highest BCUT2D eigenvalue weighted by Crippen LogP contribution is 2.28. The van der Waals surface area contributed by atoms with Crippen molar-refractivity contribution in [2.24, 2.45) is 5.92 Å². The fourth-order valence-electron chi connectivity index (χ4n) is 4.17. The summed E-state index contributed by atoms with van der Waals surface area (Å²) in [5.41, 5.74) is 2.06.